The predicted molar refractivity (Wildman–Crippen MR) is 46.5 cm³/mol. The molecule has 1 saturated heterocycles. The Morgan fingerprint density at radius 3 is 3.17 bits per heavy atom. The Balaban J connectivity index is 2.17. The molecule has 0 aromatic carbocycles. The summed E-state index contributed by atoms with van der Waals surface area (Å²) in [6, 6.07) is 0.382. The van der Waals surface area contributed by atoms with Crippen molar-refractivity contribution in [1.29, 1.82) is 0 Å². The van der Waals surface area contributed by atoms with Gasteiger partial charge in [0.2, 0.25) is 0 Å². The Labute approximate surface area is 71.6 Å². The maximum atomic E-state index is 5.22. The van der Waals surface area contributed by atoms with Gasteiger partial charge in [-0.2, -0.15) is 0 Å². The van der Waals surface area contributed by atoms with Crippen LogP contribution in [-0.2, 0) is 0 Å². The summed E-state index contributed by atoms with van der Waals surface area (Å²) in [5, 5.41) is 3.35. The van der Waals surface area contributed by atoms with E-state index in [1.54, 1.807) is 6.20 Å². The van der Waals surface area contributed by atoms with Gasteiger partial charge >= 0.3 is 0 Å². The fraction of sp³-hybridized carbons (Fsp3) is 0.444. The lowest BCUT2D eigenvalue weighted by molar-refractivity contribution is 0.612. The minimum absolute atomic E-state index is 0.382. The van der Waals surface area contributed by atoms with Crippen molar-refractivity contribution in [3.63, 3.8) is 0 Å². The number of terminal acetylenes is 1. The molecule has 1 aliphatic heterocycles. The van der Waals surface area contributed by atoms with Crippen LogP contribution in [0.4, 0.5) is 0 Å². The third kappa shape index (κ3) is 1.21. The van der Waals surface area contributed by atoms with E-state index in [1.807, 2.05) is 0 Å². The standard InChI is InChI=1S/C9H11N3/c1-2-7-6-11-9(12-7)8-4-3-5-10-8/h1,6,8,10H,3-5H2,(H,11,12)/t8-/m0/s1. The van der Waals surface area contributed by atoms with Crippen molar-refractivity contribution in [2.75, 3.05) is 6.54 Å². The molecule has 3 nitrogen and oxygen atoms in total. The quantitative estimate of drug-likeness (QED) is 0.598. The van der Waals surface area contributed by atoms with Crippen molar-refractivity contribution in [2.45, 2.75) is 18.9 Å². The summed E-state index contributed by atoms with van der Waals surface area (Å²) < 4.78 is 0. The first-order valence-electron chi connectivity index (χ1n) is 4.15. The first-order chi connectivity index (χ1) is 5.90. The summed E-state index contributed by atoms with van der Waals surface area (Å²) in [6.07, 6.45) is 9.29. The van der Waals surface area contributed by atoms with Gasteiger partial charge in [0.15, 0.2) is 0 Å². The summed E-state index contributed by atoms with van der Waals surface area (Å²) in [5.41, 5.74) is 0.763. The summed E-state index contributed by atoms with van der Waals surface area (Å²) >= 11 is 0. The minimum atomic E-state index is 0.382. The van der Waals surface area contributed by atoms with Crippen LogP contribution in [0.3, 0.4) is 0 Å². The van der Waals surface area contributed by atoms with Crippen LogP contribution < -0.4 is 5.32 Å². The van der Waals surface area contributed by atoms with Crippen molar-refractivity contribution < 1.29 is 0 Å². The van der Waals surface area contributed by atoms with Gasteiger partial charge in [0.05, 0.1) is 12.2 Å². The number of nitrogens with zero attached hydrogens (tertiary/aromatic N) is 1. The molecule has 0 spiro atoms. The molecule has 0 unspecified atom stereocenters. The van der Waals surface area contributed by atoms with Gasteiger partial charge in [0.1, 0.15) is 11.5 Å². The van der Waals surface area contributed by atoms with E-state index in [4.69, 9.17) is 6.42 Å². The van der Waals surface area contributed by atoms with Gasteiger partial charge in [0.25, 0.3) is 0 Å². The van der Waals surface area contributed by atoms with Gasteiger partial charge in [-0.15, -0.1) is 6.42 Å². The summed E-state index contributed by atoms with van der Waals surface area (Å²) in [5.74, 6) is 3.50. The molecule has 2 heterocycles. The highest BCUT2D eigenvalue weighted by atomic mass is 15.0. The van der Waals surface area contributed by atoms with Gasteiger partial charge in [-0.25, -0.2) is 4.98 Å². The normalized spacial score (nSPS) is 22.4. The Morgan fingerprint density at radius 1 is 1.67 bits per heavy atom. The Kier molecular flexibility index (Phi) is 1.84. The average molecular weight is 161 g/mol. The summed E-state index contributed by atoms with van der Waals surface area (Å²) in [7, 11) is 0. The number of H-pyrrole nitrogens is 1. The SMILES string of the molecule is C#Cc1cnc([C@@H]2CCCN2)[nH]1. The van der Waals surface area contributed by atoms with Gasteiger partial charge in [-0.05, 0) is 19.4 Å². The number of aromatic nitrogens is 2. The zero-order chi connectivity index (χ0) is 8.39. The lowest BCUT2D eigenvalue weighted by Crippen LogP contribution is -2.14. The van der Waals surface area contributed by atoms with E-state index in [0.717, 1.165) is 24.5 Å². The molecule has 1 atom stereocenters. The van der Waals surface area contributed by atoms with E-state index < -0.39 is 0 Å². The highest BCUT2D eigenvalue weighted by Crippen LogP contribution is 2.19. The van der Waals surface area contributed by atoms with Crippen LogP contribution in [0.5, 0.6) is 0 Å². The van der Waals surface area contributed by atoms with Crippen LogP contribution in [0.2, 0.25) is 0 Å². The number of rotatable bonds is 1. The number of imidazole rings is 1. The smallest absolute Gasteiger partial charge is 0.124 e. The van der Waals surface area contributed by atoms with E-state index in [0.29, 0.717) is 6.04 Å². The molecule has 62 valence electrons. The number of hydrogen-bond acceptors (Lipinski definition) is 2. The largest absolute Gasteiger partial charge is 0.334 e. The molecule has 12 heavy (non-hydrogen) atoms. The van der Waals surface area contributed by atoms with Crippen LogP contribution in [0, 0.1) is 12.3 Å². The molecule has 0 radical (unpaired) electrons. The van der Waals surface area contributed by atoms with E-state index >= 15 is 0 Å². The second-order valence-corrected chi connectivity index (χ2v) is 2.98. The van der Waals surface area contributed by atoms with E-state index in [2.05, 4.69) is 21.2 Å². The molecule has 1 aromatic rings. The van der Waals surface area contributed by atoms with E-state index in [-0.39, 0.29) is 0 Å². The molecule has 1 aliphatic rings. The Bertz CT molecular complexity index is 302. The zero-order valence-electron chi connectivity index (χ0n) is 6.80. The second kappa shape index (κ2) is 3.00. The highest BCUT2D eigenvalue weighted by molar-refractivity contribution is 5.23. The van der Waals surface area contributed by atoms with Gasteiger partial charge in [-0.3, -0.25) is 0 Å². The topological polar surface area (TPSA) is 40.7 Å². The molecule has 1 fully saturated rings. The first-order valence-corrected chi connectivity index (χ1v) is 4.15. The minimum Gasteiger partial charge on any atom is -0.334 e. The van der Waals surface area contributed by atoms with Gasteiger partial charge in [0, 0.05) is 0 Å². The number of nitrogens with one attached hydrogen (secondary N) is 2. The molecule has 3 heteroatoms. The molecule has 2 N–H and O–H groups in total. The Morgan fingerprint density at radius 2 is 2.58 bits per heavy atom. The second-order valence-electron chi connectivity index (χ2n) is 2.98. The van der Waals surface area contributed by atoms with Crippen molar-refractivity contribution in [3.05, 3.63) is 17.7 Å². The molecule has 0 bridgehead atoms. The molecular formula is C9H11N3. The maximum Gasteiger partial charge on any atom is 0.124 e. The molecule has 2 rings (SSSR count). The molecule has 0 aliphatic carbocycles. The third-order valence-corrected chi connectivity index (χ3v) is 2.14. The Hall–Kier alpha value is -1.27. The van der Waals surface area contributed by atoms with Crippen molar-refractivity contribution in [3.8, 4) is 12.3 Å². The van der Waals surface area contributed by atoms with Crippen LogP contribution in [0.25, 0.3) is 0 Å². The highest BCUT2D eigenvalue weighted by Gasteiger charge is 2.18. The third-order valence-electron chi connectivity index (χ3n) is 2.14. The van der Waals surface area contributed by atoms with Crippen LogP contribution >= 0.6 is 0 Å². The fourth-order valence-corrected chi connectivity index (χ4v) is 1.50. The number of aromatic amines is 1. The molecular weight excluding hydrogens is 150 g/mol. The first kappa shape index (κ1) is 7.38. The predicted octanol–water partition coefficient (Wildman–Crippen LogP) is 0.815. The average Bonchev–Trinajstić information content (AvgIpc) is 2.75. The molecule has 0 saturated carbocycles. The summed E-state index contributed by atoms with van der Waals surface area (Å²) in [4.78, 5) is 7.30. The lowest BCUT2D eigenvalue weighted by Gasteiger charge is -2.04. The fourth-order valence-electron chi connectivity index (χ4n) is 1.50. The monoisotopic (exact) mass is 161 g/mol. The van der Waals surface area contributed by atoms with Crippen molar-refractivity contribution in [2.24, 2.45) is 0 Å². The maximum absolute atomic E-state index is 5.22. The van der Waals surface area contributed by atoms with Crippen LogP contribution in [-0.4, -0.2) is 16.5 Å². The lowest BCUT2D eigenvalue weighted by atomic mass is 10.2. The van der Waals surface area contributed by atoms with E-state index in [1.165, 1.54) is 6.42 Å². The van der Waals surface area contributed by atoms with Crippen molar-refractivity contribution >= 4 is 0 Å². The summed E-state index contributed by atoms with van der Waals surface area (Å²) in [6.45, 7) is 1.08. The van der Waals surface area contributed by atoms with Crippen LogP contribution in [0.15, 0.2) is 6.20 Å². The van der Waals surface area contributed by atoms with Gasteiger partial charge in [-0.1, -0.05) is 5.92 Å². The molecule has 1 aromatic heterocycles. The zero-order valence-corrected chi connectivity index (χ0v) is 6.80. The van der Waals surface area contributed by atoms with Crippen LogP contribution in [0.1, 0.15) is 30.4 Å². The number of hydrogen-bond donors (Lipinski definition) is 2. The van der Waals surface area contributed by atoms with Crippen molar-refractivity contribution in [1.82, 2.24) is 15.3 Å². The van der Waals surface area contributed by atoms with E-state index in [9.17, 15) is 0 Å². The molecule has 0 amide bonds. The van der Waals surface area contributed by atoms with Gasteiger partial charge < -0.3 is 10.3 Å².